The minimum atomic E-state index is -4.46. The molecule has 216 valence electrons. The van der Waals surface area contributed by atoms with Gasteiger partial charge in [0.1, 0.15) is 5.69 Å². The second-order valence-electron chi connectivity index (χ2n) is 11.8. The van der Waals surface area contributed by atoms with Gasteiger partial charge in [-0.2, -0.15) is 13.2 Å². The molecule has 1 amide bonds. The van der Waals surface area contributed by atoms with Gasteiger partial charge in [-0.15, -0.1) is 0 Å². The molecule has 0 spiro atoms. The first kappa shape index (κ1) is 30.8. The fraction of sp³-hybridized carbons (Fsp3) is 0.613. The van der Waals surface area contributed by atoms with Crippen molar-refractivity contribution in [3.05, 3.63) is 53.9 Å². The second kappa shape index (κ2) is 13.1. The van der Waals surface area contributed by atoms with Crippen LogP contribution in [0.25, 0.3) is 0 Å². The molecule has 39 heavy (non-hydrogen) atoms. The lowest BCUT2D eigenvalue weighted by molar-refractivity contribution is -0.141. The Morgan fingerprint density at radius 2 is 1.62 bits per heavy atom. The quantitative estimate of drug-likeness (QED) is 0.390. The van der Waals surface area contributed by atoms with Gasteiger partial charge in [0.2, 0.25) is 5.91 Å². The van der Waals surface area contributed by atoms with Gasteiger partial charge in [0.15, 0.2) is 0 Å². The number of hydrogen-bond donors (Lipinski definition) is 1. The molecule has 2 fully saturated rings. The molecule has 0 aliphatic carbocycles. The van der Waals surface area contributed by atoms with Crippen LogP contribution in [0.3, 0.4) is 0 Å². The molecular formula is C31H45F3N4O. The maximum atomic E-state index is 12.9. The first-order chi connectivity index (χ1) is 18.0. The molecule has 2 aliphatic rings. The third-order valence-electron chi connectivity index (χ3n) is 7.98. The third kappa shape index (κ3) is 8.61. The van der Waals surface area contributed by atoms with Crippen molar-refractivity contribution in [3.8, 4) is 0 Å². The summed E-state index contributed by atoms with van der Waals surface area (Å²) in [5.41, 5.74) is 2.35. The van der Waals surface area contributed by atoms with Crippen molar-refractivity contribution in [3.63, 3.8) is 0 Å². The molecule has 2 aromatic rings. The van der Waals surface area contributed by atoms with E-state index in [1.807, 2.05) is 4.90 Å². The Labute approximate surface area is 232 Å². The lowest BCUT2D eigenvalue weighted by Crippen LogP contribution is -2.42. The number of rotatable bonds is 7. The summed E-state index contributed by atoms with van der Waals surface area (Å²) in [6, 6.07) is 11.6. The van der Waals surface area contributed by atoms with Gasteiger partial charge in [-0.05, 0) is 79.7 Å². The van der Waals surface area contributed by atoms with Crippen LogP contribution in [0.4, 0.5) is 24.5 Å². The van der Waals surface area contributed by atoms with E-state index < -0.39 is 11.9 Å². The maximum absolute atomic E-state index is 12.9. The van der Waals surface area contributed by atoms with Gasteiger partial charge in [-0.25, -0.2) is 0 Å². The number of halogens is 3. The Kier molecular flexibility index (Phi) is 10.3. The molecule has 4 rings (SSSR count). The number of carbonyl (C=O) groups excluding carboxylic acids is 1. The van der Waals surface area contributed by atoms with Crippen molar-refractivity contribution in [2.45, 2.75) is 90.8 Å². The largest absolute Gasteiger partial charge is 0.433 e. The SMILES string of the molecule is C.CC(C)(C)c1ccc(N2CCC(CCCC(=O)N3CCC(Nc4ccnc(C(F)(F)F)c4)CC3)CC2)cc1. The molecule has 2 saturated heterocycles. The Morgan fingerprint density at radius 3 is 2.21 bits per heavy atom. The van der Waals surface area contributed by atoms with Gasteiger partial charge in [0, 0.05) is 56.2 Å². The summed E-state index contributed by atoms with van der Waals surface area (Å²) in [5.74, 6) is 0.868. The third-order valence-corrected chi connectivity index (χ3v) is 7.98. The van der Waals surface area contributed by atoms with Gasteiger partial charge in [0.25, 0.3) is 0 Å². The molecule has 0 saturated carbocycles. The van der Waals surface area contributed by atoms with Crippen LogP contribution in [0, 0.1) is 5.92 Å². The number of carbonyl (C=O) groups is 1. The van der Waals surface area contributed by atoms with Crippen LogP contribution in [0.15, 0.2) is 42.6 Å². The van der Waals surface area contributed by atoms with E-state index in [4.69, 9.17) is 0 Å². The van der Waals surface area contributed by atoms with Crippen molar-refractivity contribution in [2.24, 2.45) is 5.92 Å². The van der Waals surface area contributed by atoms with Crippen LogP contribution in [0.5, 0.6) is 0 Å². The van der Waals surface area contributed by atoms with E-state index in [9.17, 15) is 18.0 Å². The lowest BCUT2D eigenvalue weighted by Gasteiger charge is -2.34. The standard InChI is InChI=1S/C30H41F3N4O.CH4/c1-29(2,3)23-7-9-26(10-8-23)36-17-12-22(13-18-36)5-4-6-28(38)37-19-14-24(15-20-37)35-25-11-16-34-27(21-25)30(31,32)33;/h7-11,16,21-22,24H,4-6,12-15,17-20H2,1-3H3,(H,34,35);1H4. The van der Waals surface area contributed by atoms with Crippen molar-refractivity contribution in [2.75, 3.05) is 36.4 Å². The number of amides is 1. The predicted octanol–water partition coefficient (Wildman–Crippen LogP) is 7.52. The molecule has 5 nitrogen and oxygen atoms in total. The molecule has 0 unspecified atom stereocenters. The summed E-state index contributed by atoms with van der Waals surface area (Å²) in [6.45, 7) is 10.1. The maximum Gasteiger partial charge on any atom is 0.433 e. The van der Waals surface area contributed by atoms with E-state index in [2.05, 4.69) is 60.2 Å². The highest BCUT2D eigenvalue weighted by molar-refractivity contribution is 5.76. The van der Waals surface area contributed by atoms with E-state index in [1.165, 1.54) is 17.4 Å². The molecule has 0 radical (unpaired) electrons. The molecule has 1 N–H and O–H groups in total. The zero-order valence-electron chi connectivity index (χ0n) is 22.9. The number of benzene rings is 1. The zero-order chi connectivity index (χ0) is 27.3. The van der Waals surface area contributed by atoms with Crippen molar-refractivity contribution in [1.29, 1.82) is 0 Å². The smallest absolute Gasteiger partial charge is 0.382 e. The summed E-state index contributed by atoms with van der Waals surface area (Å²) < 4.78 is 38.7. The fourth-order valence-electron chi connectivity index (χ4n) is 5.54. The fourth-order valence-corrected chi connectivity index (χ4v) is 5.54. The average Bonchev–Trinajstić information content (AvgIpc) is 2.89. The van der Waals surface area contributed by atoms with Crippen LogP contribution in [-0.4, -0.2) is 48.0 Å². The highest BCUT2D eigenvalue weighted by Crippen LogP contribution is 2.31. The molecular weight excluding hydrogens is 501 g/mol. The van der Waals surface area contributed by atoms with Crippen molar-refractivity contribution < 1.29 is 18.0 Å². The van der Waals surface area contributed by atoms with Crippen molar-refractivity contribution >= 4 is 17.3 Å². The number of aromatic nitrogens is 1. The van der Waals surface area contributed by atoms with Gasteiger partial charge >= 0.3 is 6.18 Å². The minimum Gasteiger partial charge on any atom is -0.382 e. The summed E-state index contributed by atoms with van der Waals surface area (Å²) >= 11 is 0. The number of nitrogens with one attached hydrogen (secondary N) is 1. The summed E-state index contributed by atoms with van der Waals surface area (Å²) in [5, 5.41) is 3.18. The van der Waals surface area contributed by atoms with Crippen LogP contribution < -0.4 is 10.2 Å². The highest BCUT2D eigenvalue weighted by atomic mass is 19.4. The van der Waals surface area contributed by atoms with E-state index in [1.54, 1.807) is 6.07 Å². The number of piperidine rings is 2. The molecule has 1 aromatic heterocycles. The number of nitrogens with zero attached hydrogens (tertiary/aromatic N) is 3. The minimum absolute atomic E-state index is 0. The van der Waals surface area contributed by atoms with E-state index in [0.29, 0.717) is 31.1 Å². The molecule has 1 aromatic carbocycles. The van der Waals surface area contributed by atoms with Crippen LogP contribution >= 0.6 is 0 Å². The number of pyridine rings is 1. The molecule has 0 atom stereocenters. The molecule has 2 aliphatic heterocycles. The predicted molar refractivity (Wildman–Crippen MR) is 153 cm³/mol. The Bertz CT molecular complexity index is 1050. The highest BCUT2D eigenvalue weighted by Gasteiger charge is 2.33. The number of anilines is 2. The lowest BCUT2D eigenvalue weighted by atomic mass is 9.87. The Morgan fingerprint density at radius 1 is 0.974 bits per heavy atom. The summed E-state index contributed by atoms with van der Waals surface area (Å²) in [7, 11) is 0. The zero-order valence-corrected chi connectivity index (χ0v) is 22.9. The van der Waals surface area contributed by atoms with E-state index in [0.717, 1.165) is 57.7 Å². The van der Waals surface area contributed by atoms with Gasteiger partial charge in [-0.1, -0.05) is 40.3 Å². The first-order valence-electron chi connectivity index (χ1n) is 13.9. The topological polar surface area (TPSA) is 48.5 Å². The normalized spacial score (nSPS) is 17.6. The van der Waals surface area contributed by atoms with Crippen LogP contribution in [0.2, 0.25) is 0 Å². The second-order valence-corrected chi connectivity index (χ2v) is 11.8. The Hall–Kier alpha value is -2.77. The molecule has 3 heterocycles. The molecule has 0 bridgehead atoms. The van der Waals surface area contributed by atoms with Crippen LogP contribution in [0.1, 0.15) is 84.4 Å². The van der Waals surface area contributed by atoms with E-state index >= 15 is 0 Å². The number of alkyl halides is 3. The monoisotopic (exact) mass is 546 g/mol. The number of likely N-dealkylation sites (tertiary alicyclic amines) is 1. The first-order valence-corrected chi connectivity index (χ1v) is 13.9. The molecule has 8 heteroatoms. The summed E-state index contributed by atoms with van der Waals surface area (Å²) in [4.78, 5) is 20.6. The van der Waals surface area contributed by atoms with Crippen LogP contribution in [-0.2, 0) is 16.4 Å². The van der Waals surface area contributed by atoms with Crippen molar-refractivity contribution in [1.82, 2.24) is 9.88 Å². The van der Waals surface area contributed by atoms with Gasteiger partial charge in [-0.3, -0.25) is 9.78 Å². The summed E-state index contributed by atoms with van der Waals surface area (Å²) in [6.07, 6.45) is 3.08. The Balaban J connectivity index is 0.00000420. The number of hydrogen-bond acceptors (Lipinski definition) is 4. The van der Waals surface area contributed by atoms with Gasteiger partial charge in [0.05, 0.1) is 0 Å². The van der Waals surface area contributed by atoms with E-state index in [-0.39, 0.29) is 24.8 Å². The van der Waals surface area contributed by atoms with Gasteiger partial charge < -0.3 is 15.1 Å². The average molecular weight is 547 g/mol.